The van der Waals surface area contributed by atoms with Gasteiger partial charge in [0, 0.05) is 23.4 Å². The predicted octanol–water partition coefficient (Wildman–Crippen LogP) is 4.91. The molecule has 0 saturated heterocycles. The van der Waals surface area contributed by atoms with Gasteiger partial charge in [0.1, 0.15) is 11.5 Å². The lowest BCUT2D eigenvalue weighted by Crippen LogP contribution is -1.94. The number of aryl methyl sites for hydroxylation is 1. The molecule has 5 rings (SSSR count). The second-order valence-corrected chi connectivity index (χ2v) is 6.90. The van der Waals surface area contributed by atoms with Crippen LogP contribution in [0.4, 0.5) is 4.39 Å². The van der Waals surface area contributed by atoms with Crippen molar-refractivity contribution < 1.29 is 4.39 Å². The minimum Gasteiger partial charge on any atom is -0.268 e. The lowest BCUT2D eigenvalue weighted by molar-refractivity contribution is 0.627. The topological polar surface area (TPSA) is 30.7 Å². The quantitative estimate of drug-likeness (QED) is 0.521. The van der Waals surface area contributed by atoms with Crippen LogP contribution in [0, 0.1) is 5.82 Å². The molecular formula is C19H14FN3S. The van der Waals surface area contributed by atoms with E-state index >= 15 is 0 Å². The van der Waals surface area contributed by atoms with Crippen LogP contribution in [-0.2, 0) is 13.0 Å². The molecule has 5 heteroatoms. The van der Waals surface area contributed by atoms with E-state index in [0.717, 1.165) is 46.4 Å². The summed E-state index contributed by atoms with van der Waals surface area (Å²) in [6.45, 7) is 0.902. The summed E-state index contributed by atoms with van der Waals surface area (Å²) in [5.74, 6) is -0.227. The number of benzene rings is 2. The largest absolute Gasteiger partial charge is 0.268 e. The van der Waals surface area contributed by atoms with Crippen molar-refractivity contribution in [3.05, 3.63) is 59.5 Å². The van der Waals surface area contributed by atoms with Gasteiger partial charge >= 0.3 is 0 Å². The number of halogens is 1. The highest BCUT2D eigenvalue weighted by atomic mass is 32.1. The molecule has 0 aliphatic carbocycles. The highest BCUT2D eigenvalue weighted by Gasteiger charge is 2.25. The summed E-state index contributed by atoms with van der Waals surface area (Å²) in [7, 11) is 0. The van der Waals surface area contributed by atoms with Gasteiger partial charge in [0.05, 0.1) is 15.7 Å². The second kappa shape index (κ2) is 5.24. The molecule has 0 saturated carbocycles. The Morgan fingerprint density at radius 2 is 2.04 bits per heavy atom. The minimum atomic E-state index is -0.227. The molecule has 0 atom stereocenters. The molecule has 1 aliphatic heterocycles. The van der Waals surface area contributed by atoms with E-state index in [1.54, 1.807) is 17.4 Å². The molecular weight excluding hydrogens is 321 g/mol. The molecule has 0 fully saturated rings. The number of thiazole rings is 1. The average molecular weight is 335 g/mol. The number of fused-ring (bicyclic) bond motifs is 2. The van der Waals surface area contributed by atoms with E-state index in [0.29, 0.717) is 5.56 Å². The monoisotopic (exact) mass is 335 g/mol. The maximum Gasteiger partial charge on any atom is 0.132 e. The summed E-state index contributed by atoms with van der Waals surface area (Å²) in [6, 6.07) is 13.1. The van der Waals surface area contributed by atoms with Gasteiger partial charge in [-0.25, -0.2) is 9.37 Å². The molecule has 2 aromatic carbocycles. The van der Waals surface area contributed by atoms with Gasteiger partial charge in [-0.3, -0.25) is 4.68 Å². The highest BCUT2D eigenvalue weighted by Crippen LogP contribution is 2.39. The minimum absolute atomic E-state index is 0.227. The maximum absolute atomic E-state index is 14.4. The SMILES string of the molecule is Fc1ccccc1-c1nn2c(c1-c1ccc3ncsc3c1)CCC2. The zero-order valence-corrected chi connectivity index (χ0v) is 13.7. The molecule has 4 aromatic rings. The number of nitrogens with zero attached hydrogens (tertiary/aromatic N) is 3. The Kier molecular flexibility index (Phi) is 3.03. The van der Waals surface area contributed by atoms with Crippen molar-refractivity contribution in [1.82, 2.24) is 14.8 Å². The second-order valence-electron chi connectivity index (χ2n) is 6.01. The molecule has 0 radical (unpaired) electrons. The van der Waals surface area contributed by atoms with Gasteiger partial charge in [-0.05, 0) is 42.7 Å². The van der Waals surface area contributed by atoms with E-state index in [-0.39, 0.29) is 5.82 Å². The summed E-state index contributed by atoms with van der Waals surface area (Å²) in [5, 5.41) is 4.73. The van der Waals surface area contributed by atoms with Crippen LogP contribution in [0.3, 0.4) is 0 Å². The zero-order chi connectivity index (χ0) is 16.1. The molecule has 0 amide bonds. The van der Waals surface area contributed by atoms with Crippen molar-refractivity contribution >= 4 is 21.6 Å². The van der Waals surface area contributed by atoms with Crippen molar-refractivity contribution in [3.63, 3.8) is 0 Å². The Hall–Kier alpha value is -2.53. The van der Waals surface area contributed by atoms with E-state index in [1.807, 2.05) is 28.4 Å². The van der Waals surface area contributed by atoms with Crippen LogP contribution in [0.1, 0.15) is 12.1 Å². The van der Waals surface area contributed by atoms with Crippen molar-refractivity contribution in [2.45, 2.75) is 19.4 Å². The number of rotatable bonds is 2. The smallest absolute Gasteiger partial charge is 0.132 e. The van der Waals surface area contributed by atoms with Crippen molar-refractivity contribution in [3.8, 4) is 22.4 Å². The number of hydrogen-bond donors (Lipinski definition) is 0. The molecule has 2 aromatic heterocycles. The summed E-state index contributed by atoms with van der Waals surface area (Å²) >= 11 is 1.62. The fourth-order valence-electron chi connectivity index (χ4n) is 3.49. The standard InChI is InChI=1S/C19H14FN3S/c20-14-5-2-1-4-13(14)19-18(16-6-3-9-23(16)22-19)12-7-8-15-17(10-12)24-11-21-15/h1-2,4-5,7-8,10-11H,3,6,9H2. The Labute approximate surface area is 142 Å². The van der Waals surface area contributed by atoms with Crippen molar-refractivity contribution in [2.75, 3.05) is 0 Å². The fraction of sp³-hybridized carbons (Fsp3) is 0.158. The Morgan fingerprint density at radius 3 is 2.96 bits per heavy atom. The van der Waals surface area contributed by atoms with Crippen LogP contribution in [0.15, 0.2) is 48.0 Å². The molecule has 0 spiro atoms. The van der Waals surface area contributed by atoms with E-state index in [2.05, 4.69) is 17.1 Å². The molecule has 3 heterocycles. The average Bonchev–Trinajstić information content (AvgIpc) is 3.29. The summed E-state index contributed by atoms with van der Waals surface area (Å²) < 4.78 is 17.6. The van der Waals surface area contributed by atoms with Crippen molar-refractivity contribution in [2.24, 2.45) is 0 Å². The Bertz CT molecular complexity index is 1060. The first-order chi connectivity index (χ1) is 11.8. The summed E-state index contributed by atoms with van der Waals surface area (Å²) in [6.07, 6.45) is 2.08. The third-order valence-corrected chi connectivity index (χ3v) is 5.38. The molecule has 1 aliphatic rings. The van der Waals surface area contributed by atoms with E-state index in [1.165, 1.54) is 11.8 Å². The molecule has 24 heavy (non-hydrogen) atoms. The van der Waals surface area contributed by atoms with Crippen LogP contribution in [0.25, 0.3) is 32.6 Å². The molecule has 3 nitrogen and oxygen atoms in total. The van der Waals surface area contributed by atoms with E-state index < -0.39 is 0 Å². The van der Waals surface area contributed by atoms with Gasteiger partial charge in [0.2, 0.25) is 0 Å². The predicted molar refractivity (Wildman–Crippen MR) is 94.6 cm³/mol. The van der Waals surface area contributed by atoms with Gasteiger partial charge in [-0.2, -0.15) is 5.10 Å². The van der Waals surface area contributed by atoms with Gasteiger partial charge in [0.25, 0.3) is 0 Å². The first-order valence-electron chi connectivity index (χ1n) is 7.99. The van der Waals surface area contributed by atoms with Crippen LogP contribution in [0.5, 0.6) is 0 Å². The highest BCUT2D eigenvalue weighted by molar-refractivity contribution is 7.16. The van der Waals surface area contributed by atoms with Crippen molar-refractivity contribution in [1.29, 1.82) is 0 Å². The normalized spacial score (nSPS) is 13.5. The van der Waals surface area contributed by atoms with Gasteiger partial charge < -0.3 is 0 Å². The number of hydrogen-bond acceptors (Lipinski definition) is 3. The zero-order valence-electron chi connectivity index (χ0n) is 12.9. The Morgan fingerprint density at radius 1 is 1.12 bits per heavy atom. The Balaban J connectivity index is 1.79. The van der Waals surface area contributed by atoms with Crippen LogP contribution < -0.4 is 0 Å². The molecule has 118 valence electrons. The molecule has 0 unspecified atom stereocenters. The van der Waals surface area contributed by atoms with Gasteiger partial charge in [-0.1, -0.05) is 18.2 Å². The fourth-order valence-corrected chi connectivity index (χ4v) is 4.20. The number of aromatic nitrogens is 3. The maximum atomic E-state index is 14.4. The first-order valence-corrected chi connectivity index (χ1v) is 8.87. The third-order valence-electron chi connectivity index (χ3n) is 4.59. The van der Waals surface area contributed by atoms with E-state index in [4.69, 9.17) is 5.10 Å². The molecule has 0 N–H and O–H groups in total. The lowest BCUT2D eigenvalue weighted by atomic mass is 9.97. The van der Waals surface area contributed by atoms with Gasteiger partial charge in [0.15, 0.2) is 0 Å². The van der Waals surface area contributed by atoms with Crippen LogP contribution >= 0.6 is 11.3 Å². The van der Waals surface area contributed by atoms with Crippen LogP contribution in [-0.4, -0.2) is 14.8 Å². The lowest BCUT2D eigenvalue weighted by Gasteiger charge is -2.06. The molecule has 0 bridgehead atoms. The third kappa shape index (κ3) is 2.01. The van der Waals surface area contributed by atoms with Crippen LogP contribution in [0.2, 0.25) is 0 Å². The summed E-state index contributed by atoms with van der Waals surface area (Å²) in [5.41, 5.74) is 7.53. The first kappa shape index (κ1) is 13.9. The summed E-state index contributed by atoms with van der Waals surface area (Å²) in [4.78, 5) is 4.35. The van der Waals surface area contributed by atoms with E-state index in [9.17, 15) is 4.39 Å². The van der Waals surface area contributed by atoms with Gasteiger partial charge in [-0.15, -0.1) is 11.3 Å².